The van der Waals surface area contributed by atoms with Gasteiger partial charge in [0.2, 0.25) is 0 Å². The number of carbonyl (C=O) groups is 1. The van der Waals surface area contributed by atoms with Crippen LogP contribution in [-0.2, 0) is 17.9 Å². The Morgan fingerprint density at radius 3 is 2.79 bits per heavy atom. The van der Waals surface area contributed by atoms with Crippen molar-refractivity contribution in [2.45, 2.75) is 20.0 Å². The van der Waals surface area contributed by atoms with Crippen LogP contribution in [0, 0.1) is 6.92 Å². The molecule has 0 aliphatic rings. The maximum absolute atomic E-state index is 12.9. The minimum atomic E-state index is -0.314. The van der Waals surface area contributed by atoms with E-state index in [-0.39, 0.29) is 18.1 Å². The number of nitrogens with zero attached hydrogens (tertiary/aromatic N) is 4. The van der Waals surface area contributed by atoms with Crippen molar-refractivity contribution in [3.63, 3.8) is 0 Å². The topological polar surface area (TPSA) is 91.0 Å². The molecule has 0 radical (unpaired) electrons. The molecule has 2 aromatic heterocycles. The number of hydrogen-bond acceptors (Lipinski definition) is 5. The maximum Gasteiger partial charge on any atom is 0.264 e. The van der Waals surface area contributed by atoms with E-state index in [0.29, 0.717) is 46.5 Å². The minimum absolute atomic E-state index is 0.160. The van der Waals surface area contributed by atoms with Crippen LogP contribution in [0.3, 0.4) is 0 Å². The third kappa shape index (κ3) is 5.35. The summed E-state index contributed by atoms with van der Waals surface area (Å²) < 4.78 is 8.57. The van der Waals surface area contributed by atoms with E-state index in [1.54, 1.807) is 27.4 Å². The highest BCUT2D eigenvalue weighted by molar-refractivity contribution is 6.35. The maximum atomic E-state index is 12.9. The summed E-state index contributed by atoms with van der Waals surface area (Å²) >= 11 is 11.9. The number of benzene rings is 2. The molecule has 0 saturated heterocycles. The molecule has 0 aliphatic heterocycles. The van der Waals surface area contributed by atoms with E-state index in [1.807, 2.05) is 31.2 Å². The lowest BCUT2D eigenvalue weighted by atomic mass is 10.1. The van der Waals surface area contributed by atoms with Crippen molar-refractivity contribution in [1.29, 1.82) is 0 Å². The monoisotopic (exact) mass is 485 g/mol. The Kier molecular flexibility index (Phi) is 6.96. The molecule has 2 heterocycles. The minimum Gasteiger partial charge on any atom is -0.482 e. The smallest absolute Gasteiger partial charge is 0.264 e. The molecule has 1 N–H and O–H groups in total. The number of carbonyl (C=O) groups excluding carboxylic acids is 1. The van der Waals surface area contributed by atoms with Crippen molar-refractivity contribution in [2.75, 3.05) is 13.2 Å². The van der Waals surface area contributed by atoms with Gasteiger partial charge in [0.1, 0.15) is 17.5 Å². The standard InChI is InChI=1S/C23H21Cl2N5O3/c1-15-4-2-3-5-16(15)12-29-14-27-22-18(23(29)32)11-28-30(22)9-8-26-21(31)13-33-20-7-6-17(24)10-19(20)25/h2-7,10-11,14H,8-9,12-13H2,1H3,(H,26,31). The largest absolute Gasteiger partial charge is 0.482 e. The zero-order valence-corrected chi connectivity index (χ0v) is 19.3. The molecular formula is C23H21Cl2N5O3. The van der Waals surface area contributed by atoms with Crippen molar-refractivity contribution in [3.05, 3.63) is 86.5 Å². The molecule has 1 amide bonds. The highest BCUT2D eigenvalue weighted by Gasteiger charge is 2.12. The number of aryl methyl sites for hydroxylation is 1. The van der Waals surface area contributed by atoms with Gasteiger partial charge in [-0.1, -0.05) is 47.5 Å². The lowest BCUT2D eigenvalue weighted by molar-refractivity contribution is -0.123. The van der Waals surface area contributed by atoms with Crippen molar-refractivity contribution in [3.8, 4) is 5.75 Å². The van der Waals surface area contributed by atoms with Crippen LogP contribution in [-0.4, -0.2) is 38.4 Å². The molecule has 4 rings (SSSR count). The van der Waals surface area contributed by atoms with Gasteiger partial charge in [0, 0.05) is 11.6 Å². The first kappa shape index (κ1) is 22.8. The molecule has 8 nitrogen and oxygen atoms in total. The fourth-order valence-electron chi connectivity index (χ4n) is 3.33. The normalized spacial score (nSPS) is 11.0. The average molecular weight is 486 g/mol. The van der Waals surface area contributed by atoms with Gasteiger partial charge in [0.25, 0.3) is 11.5 Å². The second-order valence-electron chi connectivity index (χ2n) is 7.42. The molecule has 0 unspecified atom stereocenters. The van der Waals surface area contributed by atoms with E-state index in [0.717, 1.165) is 11.1 Å². The molecule has 0 aliphatic carbocycles. The lowest BCUT2D eigenvalue weighted by Crippen LogP contribution is -2.32. The Bertz CT molecular complexity index is 1370. The van der Waals surface area contributed by atoms with Crippen LogP contribution in [0.1, 0.15) is 11.1 Å². The molecule has 0 atom stereocenters. The van der Waals surface area contributed by atoms with Gasteiger partial charge in [0.05, 0.1) is 24.3 Å². The fraction of sp³-hybridized carbons (Fsp3) is 0.217. The Balaban J connectivity index is 1.35. The number of rotatable bonds is 8. The first-order chi connectivity index (χ1) is 15.9. The Morgan fingerprint density at radius 2 is 2.00 bits per heavy atom. The Morgan fingerprint density at radius 1 is 1.18 bits per heavy atom. The third-order valence-electron chi connectivity index (χ3n) is 5.12. The summed E-state index contributed by atoms with van der Waals surface area (Å²) in [6.07, 6.45) is 3.03. The predicted molar refractivity (Wildman–Crippen MR) is 127 cm³/mol. The van der Waals surface area contributed by atoms with Crippen molar-refractivity contribution in [2.24, 2.45) is 0 Å². The van der Waals surface area contributed by atoms with Crippen molar-refractivity contribution >= 4 is 40.1 Å². The van der Waals surface area contributed by atoms with Crippen LogP contribution in [0.4, 0.5) is 0 Å². The second kappa shape index (κ2) is 10.1. The zero-order valence-electron chi connectivity index (χ0n) is 17.8. The molecule has 10 heteroatoms. The van der Waals surface area contributed by atoms with Crippen molar-refractivity contribution < 1.29 is 9.53 Å². The highest BCUT2D eigenvalue weighted by atomic mass is 35.5. The van der Waals surface area contributed by atoms with E-state index in [9.17, 15) is 9.59 Å². The summed E-state index contributed by atoms with van der Waals surface area (Å²) in [4.78, 5) is 29.4. The summed E-state index contributed by atoms with van der Waals surface area (Å²) in [6.45, 7) is 2.90. The summed E-state index contributed by atoms with van der Waals surface area (Å²) in [7, 11) is 0. The Hall–Kier alpha value is -3.36. The summed E-state index contributed by atoms with van der Waals surface area (Å²) in [5, 5.41) is 8.25. The molecule has 0 spiro atoms. The average Bonchev–Trinajstić information content (AvgIpc) is 3.20. The van der Waals surface area contributed by atoms with Crippen molar-refractivity contribution in [1.82, 2.24) is 24.6 Å². The van der Waals surface area contributed by atoms with E-state index < -0.39 is 0 Å². The molecular weight excluding hydrogens is 465 g/mol. The number of ether oxygens (including phenoxy) is 1. The molecule has 0 fully saturated rings. The number of amides is 1. The van der Waals surface area contributed by atoms with Crippen LogP contribution in [0.25, 0.3) is 11.0 Å². The molecule has 2 aromatic carbocycles. The number of hydrogen-bond donors (Lipinski definition) is 1. The number of nitrogens with one attached hydrogen (secondary N) is 1. The molecule has 4 aromatic rings. The highest BCUT2D eigenvalue weighted by Crippen LogP contribution is 2.27. The summed E-state index contributed by atoms with van der Waals surface area (Å²) in [5.74, 6) is 0.0616. The first-order valence-electron chi connectivity index (χ1n) is 10.2. The molecule has 170 valence electrons. The first-order valence-corrected chi connectivity index (χ1v) is 11.0. The predicted octanol–water partition coefficient (Wildman–Crippen LogP) is 3.45. The second-order valence-corrected chi connectivity index (χ2v) is 8.27. The van der Waals surface area contributed by atoms with E-state index in [4.69, 9.17) is 27.9 Å². The third-order valence-corrected chi connectivity index (χ3v) is 5.65. The van der Waals surface area contributed by atoms with E-state index in [1.165, 1.54) is 12.5 Å². The summed E-state index contributed by atoms with van der Waals surface area (Å²) in [5.41, 5.74) is 2.47. The van der Waals surface area contributed by atoms with Crippen LogP contribution in [0.2, 0.25) is 10.0 Å². The van der Waals surface area contributed by atoms with Crippen LogP contribution in [0.15, 0.2) is 59.8 Å². The molecule has 0 saturated carbocycles. The fourth-order valence-corrected chi connectivity index (χ4v) is 3.80. The van der Waals surface area contributed by atoms with Gasteiger partial charge in [-0.05, 0) is 36.2 Å². The Labute approximate surface area is 199 Å². The van der Waals surface area contributed by atoms with Gasteiger partial charge < -0.3 is 10.1 Å². The van der Waals surface area contributed by atoms with Crippen LogP contribution >= 0.6 is 23.2 Å². The zero-order chi connectivity index (χ0) is 23.4. The van der Waals surface area contributed by atoms with Crippen LogP contribution in [0.5, 0.6) is 5.75 Å². The number of halogens is 2. The van der Waals surface area contributed by atoms with E-state index >= 15 is 0 Å². The van der Waals surface area contributed by atoms with Gasteiger partial charge in [0.15, 0.2) is 12.3 Å². The summed E-state index contributed by atoms with van der Waals surface area (Å²) in [6, 6.07) is 12.7. The number of fused-ring (bicyclic) bond motifs is 1. The van der Waals surface area contributed by atoms with Gasteiger partial charge >= 0.3 is 0 Å². The molecule has 33 heavy (non-hydrogen) atoms. The van der Waals surface area contributed by atoms with E-state index in [2.05, 4.69) is 15.4 Å². The van der Waals surface area contributed by atoms with Gasteiger partial charge in [-0.15, -0.1) is 0 Å². The lowest BCUT2D eigenvalue weighted by Gasteiger charge is -2.10. The number of aromatic nitrogens is 4. The van der Waals surface area contributed by atoms with Gasteiger partial charge in [-0.25, -0.2) is 9.67 Å². The van der Waals surface area contributed by atoms with Crippen LogP contribution < -0.4 is 15.6 Å². The SMILES string of the molecule is Cc1ccccc1Cn1cnc2c(cnn2CCNC(=O)COc2ccc(Cl)cc2Cl)c1=O. The van der Waals surface area contributed by atoms with Gasteiger partial charge in [-0.2, -0.15) is 5.10 Å². The van der Waals surface area contributed by atoms with Gasteiger partial charge in [-0.3, -0.25) is 14.2 Å². The quantitative estimate of drug-likeness (QED) is 0.412. The molecule has 0 bridgehead atoms.